The van der Waals surface area contributed by atoms with E-state index in [0.29, 0.717) is 24.0 Å². The zero-order valence-corrected chi connectivity index (χ0v) is 32.1. The van der Waals surface area contributed by atoms with Crippen LogP contribution < -0.4 is 21.3 Å². The van der Waals surface area contributed by atoms with Gasteiger partial charge in [0.1, 0.15) is 36.9 Å². The van der Waals surface area contributed by atoms with Gasteiger partial charge in [-0.2, -0.15) is 0 Å². The lowest BCUT2D eigenvalue weighted by Crippen LogP contribution is -2.53. The SMILES string of the molecule is COC(=O)[C@H](Cc1cccc(C[C@H](NC(C)=O)C(=O)OCc2ccccc2)c1)NC(=O)[C@H](CCCCNC(=O)OCc1ccccc1)NC(=O)OC(C)(C)C. The first-order valence-electron chi connectivity index (χ1n) is 18.1. The number of carbonyl (C=O) groups excluding carboxylic acids is 6. The molecule has 0 aromatic heterocycles. The lowest BCUT2D eigenvalue weighted by Gasteiger charge is -2.25. The van der Waals surface area contributed by atoms with Gasteiger partial charge in [-0.1, -0.05) is 84.9 Å². The minimum absolute atomic E-state index is 0.0175. The summed E-state index contributed by atoms with van der Waals surface area (Å²) in [7, 11) is 1.20. The van der Waals surface area contributed by atoms with Crippen molar-refractivity contribution in [1.82, 2.24) is 21.3 Å². The fourth-order valence-electron chi connectivity index (χ4n) is 5.39. The Morgan fingerprint density at radius 3 is 1.71 bits per heavy atom. The van der Waals surface area contributed by atoms with Crippen molar-refractivity contribution in [2.75, 3.05) is 13.7 Å². The number of amides is 4. The quantitative estimate of drug-likeness (QED) is 0.0760. The van der Waals surface area contributed by atoms with E-state index in [1.807, 2.05) is 60.7 Å². The van der Waals surface area contributed by atoms with Crippen LogP contribution in [0.15, 0.2) is 84.9 Å². The Hall–Kier alpha value is -5.92. The van der Waals surface area contributed by atoms with E-state index in [2.05, 4.69) is 21.3 Å². The van der Waals surface area contributed by atoms with E-state index in [-0.39, 0.29) is 39.0 Å². The van der Waals surface area contributed by atoms with E-state index >= 15 is 0 Å². The number of carbonyl (C=O) groups is 6. The minimum atomic E-state index is -1.14. The maximum absolute atomic E-state index is 13.6. The molecule has 3 rings (SSSR count). The van der Waals surface area contributed by atoms with Gasteiger partial charge in [-0.05, 0) is 62.3 Å². The predicted octanol–water partition coefficient (Wildman–Crippen LogP) is 4.67. The topological polar surface area (TPSA) is 187 Å². The number of benzene rings is 3. The Morgan fingerprint density at radius 1 is 0.618 bits per heavy atom. The summed E-state index contributed by atoms with van der Waals surface area (Å²) in [6.07, 6.45) is -0.216. The number of ether oxygens (including phenoxy) is 4. The summed E-state index contributed by atoms with van der Waals surface area (Å²) in [5.74, 6) is -2.36. The average molecular weight is 761 g/mol. The molecule has 3 aromatic rings. The molecule has 0 heterocycles. The lowest BCUT2D eigenvalue weighted by molar-refractivity contribution is -0.149. The number of hydrogen-bond donors (Lipinski definition) is 4. The number of esters is 2. The van der Waals surface area contributed by atoms with Crippen LogP contribution in [0.2, 0.25) is 0 Å². The van der Waals surface area contributed by atoms with Gasteiger partial charge in [-0.25, -0.2) is 19.2 Å². The highest BCUT2D eigenvalue weighted by atomic mass is 16.6. The van der Waals surface area contributed by atoms with Crippen molar-refractivity contribution in [3.05, 3.63) is 107 Å². The first-order valence-corrected chi connectivity index (χ1v) is 18.1. The average Bonchev–Trinajstić information content (AvgIpc) is 3.14. The van der Waals surface area contributed by atoms with Gasteiger partial charge in [-0.3, -0.25) is 9.59 Å². The molecule has 296 valence electrons. The predicted molar refractivity (Wildman–Crippen MR) is 203 cm³/mol. The Morgan fingerprint density at radius 2 is 1.16 bits per heavy atom. The highest BCUT2D eigenvalue weighted by molar-refractivity contribution is 5.90. The number of nitrogens with one attached hydrogen (secondary N) is 4. The summed E-state index contributed by atoms with van der Waals surface area (Å²) in [6, 6.07) is 22.2. The molecule has 0 radical (unpaired) electrons. The minimum Gasteiger partial charge on any atom is -0.467 e. The normalized spacial score (nSPS) is 12.5. The van der Waals surface area contributed by atoms with E-state index in [1.165, 1.54) is 14.0 Å². The summed E-state index contributed by atoms with van der Waals surface area (Å²) in [4.78, 5) is 76.4. The van der Waals surface area contributed by atoms with Crippen LogP contribution in [0.1, 0.15) is 69.2 Å². The summed E-state index contributed by atoms with van der Waals surface area (Å²) in [5.41, 5.74) is 2.13. The molecule has 4 N–H and O–H groups in total. The van der Waals surface area contributed by atoms with Gasteiger partial charge in [0.2, 0.25) is 11.8 Å². The summed E-state index contributed by atoms with van der Waals surface area (Å²) in [6.45, 7) is 6.82. The maximum Gasteiger partial charge on any atom is 0.408 e. The Balaban J connectivity index is 1.64. The fraction of sp³-hybridized carbons (Fsp3) is 0.415. The molecule has 0 aliphatic carbocycles. The fourth-order valence-corrected chi connectivity index (χ4v) is 5.39. The molecule has 3 aromatic carbocycles. The van der Waals surface area contributed by atoms with Gasteiger partial charge < -0.3 is 40.2 Å². The van der Waals surface area contributed by atoms with Crippen LogP contribution in [-0.2, 0) is 64.2 Å². The van der Waals surface area contributed by atoms with E-state index in [1.54, 1.807) is 45.0 Å². The first-order chi connectivity index (χ1) is 26.2. The molecule has 0 bridgehead atoms. The van der Waals surface area contributed by atoms with E-state index < -0.39 is 59.7 Å². The highest BCUT2D eigenvalue weighted by Gasteiger charge is 2.29. The molecule has 0 unspecified atom stereocenters. The Kier molecular flexibility index (Phi) is 17.7. The third-order valence-electron chi connectivity index (χ3n) is 7.97. The summed E-state index contributed by atoms with van der Waals surface area (Å²) >= 11 is 0. The molecule has 0 aliphatic heterocycles. The second-order valence-corrected chi connectivity index (χ2v) is 13.8. The first kappa shape index (κ1) is 43.5. The van der Waals surface area contributed by atoms with Gasteiger partial charge >= 0.3 is 24.1 Å². The Labute approximate surface area is 322 Å². The van der Waals surface area contributed by atoms with E-state index in [9.17, 15) is 28.8 Å². The molecule has 4 amide bonds. The number of rotatable bonds is 19. The second-order valence-electron chi connectivity index (χ2n) is 13.8. The van der Waals surface area contributed by atoms with Crippen molar-refractivity contribution >= 4 is 35.9 Å². The molecule has 14 nitrogen and oxygen atoms in total. The van der Waals surface area contributed by atoms with Gasteiger partial charge in [0.05, 0.1) is 7.11 Å². The monoisotopic (exact) mass is 760 g/mol. The van der Waals surface area contributed by atoms with Gasteiger partial charge in [0.15, 0.2) is 0 Å². The number of alkyl carbamates (subject to hydrolysis) is 2. The third-order valence-corrected chi connectivity index (χ3v) is 7.97. The van der Waals surface area contributed by atoms with E-state index in [0.717, 1.165) is 11.1 Å². The number of unbranched alkanes of at least 4 members (excludes halogenated alkanes) is 1. The van der Waals surface area contributed by atoms with E-state index in [4.69, 9.17) is 18.9 Å². The molecule has 0 aliphatic rings. The molecule has 0 fully saturated rings. The van der Waals surface area contributed by atoms with Crippen LogP contribution in [0.3, 0.4) is 0 Å². The largest absolute Gasteiger partial charge is 0.467 e. The molecule has 0 saturated heterocycles. The number of hydrogen-bond acceptors (Lipinski definition) is 10. The highest BCUT2D eigenvalue weighted by Crippen LogP contribution is 2.14. The van der Waals surface area contributed by atoms with Crippen LogP contribution in [0.25, 0.3) is 0 Å². The molecular formula is C41H52N4O10. The van der Waals surface area contributed by atoms with Gasteiger partial charge in [-0.15, -0.1) is 0 Å². The van der Waals surface area contributed by atoms with Crippen molar-refractivity contribution in [1.29, 1.82) is 0 Å². The lowest BCUT2D eigenvalue weighted by atomic mass is 9.99. The van der Waals surface area contributed by atoms with Crippen molar-refractivity contribution in [3.63, 3.8) is 0 Å². The molecule has 55 heavy (non-hydrogen) atoms. The van der Waals surface area contributed by atoms with Crippen LogP contribution in [-0.4, -0.2) is 73.3 Å². The Bertz CT molecular complexity index is 1710. The van der Waals surface area contributed by atoms with Crippen molar-refractivity contribution < 1.29 is 47.7 Å². The third kappa shape index (κ3) is 17.2. The van der Waals surface area contributed by atoms with Crippen LogP contribution >= 0.6 is 0 Å². The molecule has 0 saturated carbocycles. The summed E-state index contributed by atoms with van der Waals surface area (Å²) in [5, 5.41) is 10.6. The molecule has 3 atom stereocenters. The van der Waals surface area contributed by atoms with Crippen LogP contribution in [0.5, 0.6) is 0 Å². The zero-order valence-electron chi connectivity index (χ0n) is 32.1. The standard InChI is InChI=1S/C41H52N4O10/c1-28(46)43-35(38(49)53-26-29-15-8-6-9-16-29)25-32-20-14-19-31(23-32)24-34(37(48)52-5)44-36(47)33(45-40(51)55-41(2,3)4)21-12-13-22-42-39(50)54-27-30-17-10-7-11-18-30/h6-11,14-20,23,33-35H,12-13,21-22,24-27H2,1-5H3,(H,42,50)(H,43,46)(H,44,47)(H,45,51)/t33-,34-,35-/m0/s1. The van der Waals surface area contributed by atoms with Gasteiger partial charge in [0.25, 0.3) is 0 Å². The molecule has 14 heteroatoms. The second kappa shape index (κ2) is 22.3. The number of methoxy groups -OCH3 is 1. The molecule has 0 spiro atoms. The smallest absolute Gasteiger partial charge is 0.408 e. The summed E-state index contributed by atoms with van der Waals surface area (Å²) < 4.78 is 21.1. The molecular weight excluding hydrogens is 708 g/mol. The van der Waals surface area contributed by atoms with Crippen molar-refractivity contribution in [2.24, 2.45) is 0 Å². The van der Waals surface area contributed by atoms with Crippen LogP contribution in [0.4, 0.5) is 9.59 Å². The van der Waals surface area contributed by atoms with Crippen LogP contribution in [0, 0.1) is 0 Å². The zero-order chi connectivity index (χ0) is 40.2. The maximum atomic E-state index is 13.6. The van der Waals surface area contributed by atoms with Gasteiger partial charge in [0, 0.05) is 26.3 Å². The van der Waals surface area contributed by atoms with Crippen molar-refractivity contribution in [2.45, 2.75) is 96.7 Å². The van der Waals surface area contributed by atoms with Crippen molar-refractivity contribution in [3.8, 4) is 0 Å².